The number of nitrogen functional groups attached to an aromatic ring is 1. The minimum atomic E-state index is -0.435. The average molecular weight is 245 g/mol. The molecule has 0 spiro atoms. The number of rotatable bonds is 3. The maximum Gasteiger partial charge on any atom is 0.317 e. The summed E-state index contributed by atoms with van der Waals surface area (Å²) < 4.78 is 6.00. The number of nitrogens with one attached hydrogen (secondary N) is 1. The molecule has 3 rings (SSSR count). The maximum absolute atomic E-state index is 6.00. The van der Waals surface area contributed by atoms with Crippen LogP contribution in [0.4, 0.5) is 5.82 Å². The Labute approximate surface area is 105 Å². The molecule has 3 N–H and O–H groups in total. The molecule has 18 heavy (non-hydrogen) atoms. The molecule has 0 atom stereocenters. The van der Waals surface area contributed by atoms with Gasteiger partial charge in [-0.25, -0.2) is 9.97 Å². The molecule has 2 aromatic heterocycles. The molecule has 2 heterocycles. The lowest BCUT2D eigenvalue weighted by Gasteiger charge is -2.26. The first-order valence-corrected chi connectivity index (χ1v) is 6.06. The highest BCUT2D eigenvalue weighted by Crippen LogP contribution is 2.41. The molecule has 0 saturated heterocycles. The molecule has 0 bridgehead atoms. The highest BCUT2D eigenvalue weighted by atomic mass is 16.5. The van der Waals surface area contributed by atoms with Crippen LogP contribution >= 0.6 is 0 Å². The number of ether oxygens (including phenoxy) is 1. The summed E-state index contributed by atoms with van der Waals surface area (Å²) in [6.07, 6.45) is 7.39. The van der Waals surface area contributed by atoms with Crippen molar-refractivity contribution in [3.05, 3.63) is 30.2 Å². The third-order valence-electron chi connectivity index (χ3n) is 3.30. The van der Waals surface area contributed by atoms with E-state index in [1.54, 1.807) is 18.5 Å². The minimum Gasteiger partial charge on any atom is -0.450 e. The summed E-state index contributed by atoms with van der Waals surface area (Å²) in [6.45, 7) is 0. The van der Waals surface area contributed by atoms with Gasteiger partial charge in [-0.2, -0.15) is 5.10 Å². The second-order valence-electron chi connectivity index (χ2n) is 4.54. The van der Waals surface area contributed by atoms with E-state index in [0.717, 1.165) is 31.4 Å². The third-order valence-corrected chi connectivity index (χ3v) is 3.30. The number of nitrogens with zero attached hydrogens (tertiary/aromatic N) is 3. The number of H-pyrrole nitrogens is 1. The Hall–Kier alpha value is -2.11. The summed E-state index contributed by atoms with van der Waals surface area (Å²) >= 11 is 0. The molecule has 94 valence electrons. The minimum absolute atomic E-state index is 0.390. The predicted molar refractivity (Wildman–Crippen MR) is 65.8 cm³/mol. The average Bonchev–Trinajstić information content (AvgIpc) is 3.01. The standard InChI is InChI=1S/C12H15N5O/c13-10-8-9(16-17-10)12(4-1-2-5-12)18-11-14-6-3-7-15-11/h3,6-8H,1-2,4-5H2,(H3,13,16,17). The van der Waals surface area contributed by atoms with E-state index in [-0.39, 0.29) is 0 Å². The quantitative estimate of drug-likeness (QED) is 0.857. The van der Waals surface area contributed by atoms with Crippen LogP contribution in [0.2, 0.25) is 0 Å². The molecule has 1 aliphatic rings. The SMILES string of the molecule is Nc1cc(C2(Oc3ncccn3)CCCC2)n[nH]1. The highest BCUT2D eigenvalue weighted by Gasteiger charge is 2.41. The number of aromatic amines is 1. The van der Waals surface area contributed by atoms with Gasteiger partial charge in [0.25, 0.3) is 0 Å². The van der Waals surface area contributed by atoms with Crippen molar-refractivity contribution in [1.82, 2.24) is 20.2 Å². The van der Waals surface area contributed by atoms with Crippen molar-refractivity contribution in [2.24, 2.45) is 0 Å². The van der Waals surface area contributed by atoms with Gasteiger partial charge in [0.05, 0.1) is 0 Å². The van der Waals surface area contributed by atoms with E-state index >= 15 is 0 Å². The lowest BCUT2D eigenvalue weighted by molar-refractivity contribution is 0.0577. The molecule has 0 aromatic carbocycles. The largest absolute Gasteiger partial charge is 0.450 e. The van der Waals surface area contributed by atoms with Crippen LogP contribution in [0.1, 0.15) is 31.4 Å². The second-order valence-corrected chi connectivity index (χ2v) is 4.54. The number of anilines is 1. The number of nitrogens with two attached hydrogens (primary N) is 1. The lowest BCUT2D eigenvalue weighted by atomic mass is 9.98. The van der Waals surface area contributed by atoms with E-state index in [2.05, 4.69) is 20.2 Å². The van der Waals surface area contributed by atoms with Gasteiger partial charge in [-0.15, -0.1) is 0 Å². The van der Waals surface area contributed by atoms with E-state index in [1.165, 1.54) is 0 Å². The van der Waals surface area contributed by atoms with Crippen LogP contribution in [-0.4, -0.2) is 20.2 Å². The molecule has 0 aliphatic heterocycles. The molecule has 0 radical (unpaired) electrons. The summed E-state index contributed by atoms with van der Waals surface area (Å²) in [7, 11) is 0. The van der Waals surface area contributed by atoms with Crippen LogP contribution in [0.3, 0.4) is 0 Å². The highest BCUT2D eigenvalue weighted by molar-refractivity contribution is 5.32. The first-order valence-electron chi connectivity index (χ1n) is 6.06. The zero-order chi connectivity index (χ0) is 12.4. The lowest BCUT2D eigenvalue weighted by Crippen LogP contribution is -2.31. The van der Waals surface area contributed by atoms with Crippen molar-refractivity contribution >= 4 is 5.82 Å². The Balaban J connectivity index is 1.92. The Bertz CT molecular complexity index is 518. The maximum atomic E-state index is 6.00. The van der Waals surface area contributed by atoms with Crippen LogP contribution in [-0.2, 0) is 5.60 Å². The van der Waals surface area contributed by atoms with E-state index in [4.69, 9.17) is 10.5 Å². The summed E-state index contributed by atoms with van der Waals surface area (Å²) in [6, 6.07) is 3.98. The molecule has 6 heteroatoms. The topological polar surface area (TPSA) is 89.7 Å². The molecule has 0 unspecified atom stereocenters. The Kier molecular flexibility index (Phi) is 2.62. The van der Waals surface area contributed by atoms with Gasteiger partial charge in [0.1, 0.15) is 11.5 Å². The first kappa shape index (κ1) is 11.0. The van der Waals surface area contributed by atoms with Gasteiger partial charge >= 0.3 is 6.01 Å². The summed E-state index contributed by atoms with van der Waals surface area (Å²) in [4.78, 5) is 8.23. The van der Waals surface area contributed by atoms with Gasteiger partial charge in [0.2, 0.25) is 0 Å². The molecule has 1 fully saturated rings. The monoisotopic (exact) mass is 245 g/mol. The van der Waals surface area contributed by atoms with Gasteiger partial charge in [0, 0.05) is 18.5 Å². The van der Waals surface area contributed by atoms with Gasteiger partial charge in [0.15, 0.2) is 5.60 Å². The van der Waals surface area contributed by atoms with Gasteiger partial charge < -0.3 is 10.5 Å². The predicted octanol–water partition coefficient (Wildman–Crippen LogP) is 1.63. The van der Waals surface area contributed by atoms with Crippen LogP contribution in [0, 0.1) is 0 Å². The van der Waals surface area contributed by atoms with E-state index in [0.29, 0.717) is 11.8 Å². The van der Waals surface area contributed by atoms with Crippen LogP contribution in [0.25, 0.3) is 0 Å². The fourth-order valence-corrected chi connectivity index (χ4v) is 2.44. The fourth-order valence-electron chi connectivity index (χ4n) is 2.44. The molecular weight excluding hydrogens is 230 g/mol. The Morgan fingerprint density at radius 2 is 1.94 bits per heavy atom. The zero-order valence-electron chi connectivity index (χ0n) is 9.97. The molecule has 1 aliphatic carbocycles. The van der Waals surface area contributed by atoms with Crippen LogP contribution < -0.4 is 10.5 Å². The summed E-state index contributed by atoms with van der Waals surface area (Å²) in [5, 5.41) is 7.00. The number of hydrogen-bond donors (Lipinski definition) is 2. The van der Waals surface area contributed by atoms with Crippen molar-refractivity contribution in [1.29, 1.82) is 0 Å². The molecule has 2 aromatic rings. The normalized spacial score (nSPS) is 17.8. The molecular formula is C12H15N5O. The van der Waals surface area contributed by atoms with Gasteiger partial charge in [-0.1, -0.05) is 0 Å². The Morgan fingerprint density at radius 3 is 2.56 bits per heavy atom. The van der Waals surface area contributed by atoms with E-state index in [1.807, 2.05) is 6.07 Å². The van der Waals surface area contributed by atoms with Crippen molar-refractivity contribution in [3.63, 3.8) is 0 Å². The van der Waals surface area contributed by atoms with Crippen molar-refractivity contribution in [3.8, 4) is 6.01 Å². The zero-order valence-corrected chi connectivity index (χ0v) is 9.97. The van der Waals surface area contributed by atoms with Crippen molar-refractivity contribution in [2.75, 3.05) is 5.73 Å². The van der Waals surface area contributed by atoms with Gasteiger partial charge in [-0.05, 0) is 31.7 Å². The van der Waals surface area contributed by atoms with E-state index < -0.39 is 5.60 Å². The third kappa shape index (κ3) is 1.90. The van der Waals surface area contributed by atoms with Crippen molar-refractivity contribution in [2.45, 2.75) is 31.3 Å². The van der Waals surface area contributed by atoms with Crippen molar-refractivity contribution < 1.29 is 4.74 Å². The first-order chi connectivity index (χ1) is 8.78. The smallest absolute Gasteiger partial charge is 0.317 e. The van der Waals surface area contributed by atoms with Crippen LogP contribution in [0.5, 0.6) is 6.01 Å². The Morgan fingerprint density at radius 1 is 1.22 bits per heavy atom. The molecule has 0 amide bonds. The van der Waals surface area contributed by atoms with E-state index in [9.17, 15) is 0 Å². The second kappa shape index (κ2) is 4.29. The number of hydrogen-bond acceptors (Lipinski definition) is 5. The molecule has 1 saturated carbocycles. The molecule has 6 nitrogen and oxygen atoms in total. The summed E-state index contributed by atoms with van der Waals surface area (Å²) in [5.41, 5.74) is 6.10. The number of aromatic nitrogens is 4. The summed E-state index contributed by atoms with van der Waals surface area (Å²) in [5.74, 6) is 0.550. The van der Waals surface area contributed by atoms with Gasteiger partial charge in [-0.3, -0.25) is 5.10 Å². The van der Waals surface area contributed by atoms with Crippen LogP contribution in [0.15, 0.2) is 24.5 Å². The fraction of sp³-hybridized carbons (Fsp3) is 0.417.